The lowest BCUT2D eigenvalue weighted by molar-refractivity contribution is 0.254. The molecular formula is C16H18N4O6. The first-order valence-electron chi connectivity index (χ1n) is 7.46. The van der Waals surface area contributed by atoms with E-state index in [1.807, 2.05) is 0 Å². The number of rotatable bonds is 7. The van der Waals surface area contributed by atoms with Crippen LogP contribution in [0.15, 0.2) is 22.6 Å². The highest BCUT2D eigenvalue weighted by Crippen LogP contribution is 2.24. The third-order valence-electron chi connectivity index (χ3n) is 3.63. The van der Waals surface area contributed by atoms with Gasteiger partial charge in [-0.3, -0.25) is 9.97 Å². The minimum Gasteiger partial charge on any atom is -0.505 e. The molecule has 10 heteroatoms. The van der Waals surface area contributed by atoms with Crippen molar-refractivity contribution in [2.75, 3.05) is 0 Å². The molecule has 0 spiro atoms. The molecule has 0 aliphatic rings. The molecule has 0 atom stereocenters. The monoisotopic (exact) mass is 362 g/mol. The van der Waals surface area contributed by atoms with E-state index in [1.165, 1.54) is 12.4 Å². The Labute approximate surface area is 148 Å². The minimum atomic E-state index is -0.479. The zero-order chi connectivity index (χ0) is 19.1. The van der Waals surface area contributed by atoms with Crippen LogP contribution in [0, 0.1) is 0 Å². The van der Waals surface area contributed by atoms with Gasteiger partial charge in [-0.25, -0.2) is 0 Å². The second-order valence-corrected chi connectivity index (χ2v) is 5.11. The number of pyridine rings is 2. The third-order valence-corrected chi connectivity index (χ3v) is 3.63. The Balaban J connectivity index is 2.24. The van der Waals surface area contributed by atoms with Crippen LogP contribution in [0.3, 0.4) is 0 Å². The van der Waals surface area contributed by atoms with Crippen LogP contribution in [-0.2, 0) is 26.4 Å². The van der Waals surface area contributed by atoms with Crippen molar-refractivity contribution >= 4 is 12.4 Å². The molecular weight excluding hydrogens is 344 g/mol. The average Bonchev–Trinajstić information content (AvgIpc) is 2.66. The van der Waals surface area contributed by atoms with Gasteiger partial charge >= 0.3 is 0 Å². The highest BCUT2D eigenvalue weighted by atomic mass is 16.3. The Morgan fingerprint density at radius 3 is 1.38 bits per heavy atom. The van der Waals surface area contributed by atoms with E-state index in [4.69, 9.17) is 10.2 Å². The predicted octanol–water partition coefficient (Wildman–Crippen LogP) is -0.690. The van der Waals surface area contributed by atoms with Gasteiger partial charge < -0.3 is 30.6 Å². The van der Waals surface area contributed by atoms with Crippen LogP contribution in [0.2, 0.25) is 0 Å². The highest BCUT2D eigenvalue weighted by Gasteiger charge is 2.12. The van der Waals surface area contributed by atoms with E-state index in [1.54, 1.807) is 0 Å². The van der Waals surface area contributed by atoms with Crippen molar-refractivity contribution in [2.24, 2.45) is 10.2 Å². The summed E-state index contributed by atoms with van der Waals surface area (Å²) in [6.07, 6.45) is 4.84. The molecule has 2 rings (SSSR count). The van der Waals surface area contributed by atoms with Gasteiger partial charge in [-0.1, -0.05) is 0 Å². The Hall–Kier alpha value is -2.92. The van der Waals surface area contributed by atoms with Gasteiger partial charge in [0.25, 0.3) is 0 Å². The predicted molar refractivity (Wildman–Crippen MR) is 90.7 cm³/mol. The molecule has 2 aromatic heterocycles. The summed E-state index contributed by atoms with van der Waals surface area (Å²) >= 11 is 0. The first kappa shape index (κ1) is 19.4. The maximum absolute atomic E-state index is 10.0. The van der Waals surface area contributed by atoms with E-state index in [0.717, 1.165) is 12.4 Å². The molecule has 0 bridgehead atoms. The van der Waals surface area contributed by atoms with Crippen LogP contribution in [-0.4, -0.2) is 53.0 Å². The number of aliphatic hydroxyl groups excluding tert-OH is 4. The molecule has 0 unspecified atom stereocenters. The van der Waals surface area contributed by atoms with Gasteiger partial charge in [0.05, 0.1) is 38.9 Å². The maximum atomic E-state index is 10.0. The Morgan fingerprint density at radius 1 is 0.692 bits per heavy atom. The van der Waals surface area contributed by atoms with Gasteiger partial charge in [-0.15, -0.1) is 0 Å². The average molecular weight is 362 g/mol. The van der Waals surface area contributed by atoms with Crippen molar-refractivity contribution < 1.29 is 30.6 Å². The van der Waals surface area contributed by atoms with Crippen molar-refractivity contribution in [3.63, 3.8) is 0 Å². The molecule has 0 aliphatic carbocycles. The van der Waals surface area contributed by atoms with Gasteiger partial charge in [0.15, 0.2) is 0 Å². The fraction of sp³-hybridized carbons (Fsp3) is 0.250. The van der Waals surface area contributed by atoms with Crippen LogP contribution >= 0.6 is 0 Å². The lowest BCUT2D eigenvalue weighted by atomic mass is 10.1. The van der Waals surface area contributed by atoms with Gasteiger partial charge in [0, 0.05) is 34.6 Å². The number of nitrogens with zero attached hydrogens (tertiary/aromatic N) is 4. The van der Waals surface area contributed by atoms with Crippen LogP contribution < -0.4 is 0 Å². The highest BCUT2D eigenvalue weighted by molar-refractivity contribution is 5.84. The summed E-state index contributed by atoms with van der Waals surface area (Å²) in [5, 5.41) is 64.1. The molecule has 0 aliphatic heterocycles. The van der Waals surface area contributed by atoms with E-state index in [0.29, 0.717) is 11.1 Å². The smallest absolute Gasteiger partial charge is 0.148 e. The fourth-order valence-electron chi connectivity index (χ4n) is 2.18. The van der Waals surface area contributed by atoms with E-state index < -0.39 is 13.2 Å². The zero-order valence-electron chi connectivity index (χ0n) is 13.6. The number of hydrogen-bond donors (Lipinski definition) is 6. The normalized spacial score (nSPS) is 11.7. The molecule has 0 saturated heterocycles. The first-order chi connectivity index (χ1) is 12.6. The van der Waals surface area contributed by atoms with Crippen LogP contribution in [0.1, 0.15) is 33.6 Å². The Morgan fingerprint density at radius 2 is 1.08 bits per heavy atom. The molecule has 0 saturated carbocycles. The molecule has 26 heavy (non-hydrogen) atoms. The summed E-state index contributed by atoms with van der Waals surface area (Å²) in [4.78, 5) is 7.80. The molecule has 2 heterocycles. The number of aromatic hydroxyl groups is 2. The lowest BCUT2D eigenvalue weighted by Gasteiger charge is -2.08. The van der Waals surface area contributed by atoms with Crippen molar-refractivity contribution in [1.82, 2.24) is 9.97 Å². The second kappa shape index (κ2) is 8.97. The first-order valence-corrected chi connectivity index (χ1v) is 7.46. The summed E-state index contributed by atoms with van der Waals surface area (Å²) in [6.45, 7) is -1.72. The van der Waals surface area contributed by atoms with Crippen molar-refractivity contribution in [1.29, 1.82) is 0 Å². The summed E-state index contributed by atoms with van der Waals surface area (Å²) < 4.78 is 0. The molecule has 10 nitrogen and oxygen atoms in total. The van der Waals surface area contributed by atoms with Crippen LogP contribution in [0.25, 0.3) is 0 Å². The zero-order valence-corrected chi connectivity index (χ0v) is 13.6. The standard InChI is InChI=1S/C16H18N4O6/c21-5-9-1-17-13(15(25)11(9)7-23)3-19-20-4-14-16(26)12(8-24)10(6-22)2-18-14/h1-4,21-26H,5-8H2/b19-3+,20-4+. The molecule has 0 aromatic carbocycles. The van der Waals surface area contributed by atoms with Crippen molar-refractivity contribution in [2.45, 2.75) is 26.4 Å². The fourth-order valence-corrected chi connectivity index (χ4v) is 2.18. The maximum Gasteiger partial charge on any atom is 0.148 e. The second-order valence-electron chi connectivity index (χ2n) is 5.11. The van der Waals surface area contributed by atoms with E-state index in [-0.39, 0.29) is 47.2 Å². The number of aliphatic hydroxyl groups is 4. The van der Waals surface area contributed by atoms with E-state index in [9.17, 15) is 20.4 Å². The Kier molecular flexibility index (Phi) is 6.69. The molecule has 0 fully saturated rings. The van der Waals surface area contributed by atoms with Gasteiger partial charge in [0.2, 0.25) is 0 Å². The SMILES string of the molecule is OCc1cnc(/C=N/N=C/c2ncc(CO)c(CO)c2O)c(O)c1CO. The Bertz CT molecular complexity index is 768. The van der Waals surface area contributed by atoms with Gasteiger partial charge in [0.1, 0.15) is 22.9 Å². The van der Waals surface area contributed by atoms with Crippen LogP contribution in [0.4, 0.5) is 0 Å². The molecule has 2 aromatic rings. The van der Waals surface area contributed by atoms with E-state index in [2.05, 4.69) is 20.2 Å². The quantitative estimate of drug-likeness (QED) is 0.277. The molecule has 0 amide bonds. The lowest BCUT2D eigenvalue weighted by Crippen LogP contribution is -2.01. The molecule has 138 valence electrons. The topological polar surface area (TPSA) is 172 Å². The number of hydrogen-bond acceptors (Lipinski definition) is 10. The summed E-state index contributed by atoms with van der Waals surface area (Å²) in [7, 11) is 0. The van der Waals surface area contributed by atoms with Crippen molar-refractivity contribution in [3.8, 4) is 11.5 Å². The minimum absolute atomic E-state index is 0.0345. The van der Waals surface area contributed by atoms with Gasteiger partial charge in [-0.2, -0.15) is 10.2 Å². The van der Waals surface area contributed by atoms with Gasteiger partial charge in [-0.05, 0) is 0 Å². The summed E-state index contributed by atoms with van der Waals surface area (Å²) in [5.74, 6) is -0.650. The molecule has 6 N–H and O–H groups in total. The summed E-state index contributed by atoms with van der Waals surface area (Å²) in [6, 6.07) is 0. The number of aromatic nitrogens is 2. The third kappa shape index (κ3) is 4.00. The molecule has 0 radical (unpaired) electrons. The van der Waals surface area contributed by atoms with Crippen LogP contribution in [0.5, 0.6) is 11.5 Å². The largest absolute Gasteiger partial charge is 0.505 e. The summed E-state index contributed by atoms with van der Waals surface area (Å²) in [5.41, 5.74) is 0.930. The van der Waals surface area contributed by atoms with Crippen molar-refractivity contribution in [3.05, 3.63) is 46.0 Å². The van der Waals surface area contributed by atoms with E-state index >= 15 is 0 Å².